The lowest BCUT2D eigenvalue weighted by atomic mass is 10.2. The molecule has 0 aromatic heterocycles. The van der Waals surface area contributed by atoms with Crippen LogP contribution in [0.4, 0.5) is 0 Å². The third kappa shape index (κ3) is 3.65. The molecule has 1 aliphatic rings. The van der Waals surface area contributed by atoms with Crippen molar-refractivity contribution in [1.29, 1.82) is 0 Å². The quantitative estimate of drug-likeness (QED) is 0.770. The van der Waals surface area contributed by atoms with E-state index in [2.05, 4.69) is 0 Å². The Balaban J connectivity index is 0.00000162. The van der Waals surface area contributed by atoms with Crippen LogP contribution < -0.4 is 0 Å². The molecule has 1 aromatic rings. The van der Waals surface area contributed by atoms with Gasteiger partial charge in [-0.1, -0.05) is 25.1 Å². The zero-order valence-electron chi connectivity index (χ0n) is 9.55. The molecule has 0 amide bonds. The lowest BCUT2D eigenvalue weighted by Gasteiger charge is -2.04. The van der Waals surface area contributed by atoms with Gasteiger partial charge < -0.3 is 0 Å². The molecule has 1 fully saturated rings. The predicted molar refractivity (Wildman–Crippen MR) is 68.8 cm³/mol. The van der Waals surface area contributed by atoms with E-state index in [1.807, 2.05) is 6.92 Å². The van der Waals surface area contributed by atoms with Gasteiger partial charge in [0, 0.05) is 5.92 Å². The Labute approximate surface area is 108 Å². The van der Waals surface area contributed by atoms with Gasteiger partial charge in [0.25, 0.3) is 10.1 Å². The molecule has 0 N–H and O–H groups in total. The van der Waals surface area contributed by atoms with E-state index in [4.69, 9.17) is 4.18 Å². The van der Waals surface area contributed by atoms with Gasteiger partial charge in [0.2, 0.25) is 0 Å². The van der Waals surface area contributed by atoms with Crippen molar-refractivity contribution in [3.8, 4) is 0 Å². The zero-order chi connectivity index (χ0) is 12.5. The number of hydrogen-bond acceptors (Lipinski definition) is 4. The molecule has 1 aliphatic carbocycles. The maximum absolute atomic E-state index is 11.7. The van der Waals surface area contributed by atoms with E-state index in [0.29, 0.717) is 0 Å². The number of ketones is 1. The summed E-state index contributed by atoms with van der Waals surface area (Å²) in [5, 5.41) is 0. The molecule has 0 unspecified atom stereocenters. The third-order valence-corrected chi connectivity index (χ3v) is 3.98. The molecule has 18 heavy (non-hydrogen) atoms. The number of carbonyl (C=O) groups excluding carboxylic acids is 1. The number of aryl methyl sites for hydroxylation is 1. The maximum Gasteiger partial charge on any atom is 0.297 e. The van der Waals surface area contributed by atoms with Crippen LogP contribution in [0.5, 0.6) is 0 Å². The first-order valence-corrected chi connectivity index (χ1v) is 6.89. The molecule has 0 spiro atoms. The molecule has 100 valence electrons. The highest BCUT2D eigenvalue weighted by molar-refractivity contribution is 7.86. The van der Waals surface area contributed by atoms with E-state index in [1.165, 1.54) is 12.1 Å². The molecule has 0 heterocycles. The van der Waals surface area contributed by atoms with E-state index in [-0.39, 0.29) is 30.6 Å². The van der Waals surface area contributed by atoms with E-state index >= 15 is 0 Å². The van der Waals surface area contributed by atoms with Crippen molar-refractivity contribution in [3.63, 3.8) is 0 Å². The van der Waals surface area contributed by atoms with Crippen LogP contribution in [-0.4, -0.2) is 20.8 Å². The van der Waals surface area contributed by atoms with Crippen LogP contribution in [0.25, 0.3) is 0 Å². The van der Waals surface area contributed by atoms with Crippen LogP contribution in [0, 0.1) is 12.8 Å². The summed E-state index contributed by atoms with van der Waals surface area (Å²) in [7, 11) is -3.80. The largest absolute Gasteiger partial charge is 0.297 e. The van der Waals surface area contributed by atoms with Gasteiger partial charge >= 0.3 is 0 Å². The highest BCUT2D eigenvalue weighted by Gasteiger charge is 2.30. The second-order valence-electron chi connectivity index (χ2n) is 4.27. The smallest absolute Gasteiger partial charge is 0.297 e. The molecule has 4 nitrogen and oxygen atoms in total. The molecular formula is C13H18O4S. The summed E-state index contributed by atoms with van der Waals surface area (Å²) >= 11 is 0. The second kappa shape index (κ2) is 5.63. The second-order valence-corrected chi connectivity index (χ2v) is 5.89. The van der Waals surface area contributed by atoms with Crippen LogP contribution in [0.3, 0.4) is 0 Å². The molecule has 1 saturated carbocycles. The van der Waals surface area contributed by atoms with Gasteiger partial charge in [-0.25, -0.2) is 0 Å². The Morgan fingerprint density at radius 1 is 1.28 bits per heavy atom. The molecule has 5 heteroatoms. The lowest BCUT2D eigenvalue weighted by molar-refractivity contribution is -0.122. The number of carbonyl (C=O) groups is 1. The van der Waals surface area contributed by atoms with Crippen molar-refractivity contribution in [2.24, 2.45) is 5.92 Å². The molecule has 0 bridgehead atoms. The monoisotopic (exact) mass is 270 g/mol. The topological polar surface area (TPSA) is 60.4 Å². The maximum atomic E-state index is 11.7. The van der Waals surface area contributed by atoms with Crippen molar-refractivity contribution in [2.75, 3.05) is 6.61 Å². The fourth-order valence-electron chi connectivity index (χ4n) is 1.43. The van der Waals surface area contributed by atoms with Gasteiger partial charge in [-0.15, -0.1) is 0 Å². The molecule has 1 aromatic carbocycles. The van der Waals surface area contributed by atoms with E-state index in [1.54, 1.807) is 12.1 Å². The van der Waals surface area contributed by atoms with Crippen LogP contribution in [0.1, 0.15) is 25.8 Å². The molecule has 0 aliphatic heterocycles. The first-order chi connectivity index (χ1) is 7.99. The summed E-state index contributed by atoms with van der Waals surface area (Å²) in [4.78, 5) is 11.4. The van der Waals surface area contributed by atoms with Crippen LogP contribution >= 0.6 is 0 Å². The van der Waals surface area contributed by atoms with Crippen LogP contribution in [0.2, 0.25) is 0 Å². The van der Waals surface area contributed by atoms with Crippen LogP contribution in [0.15, 0.2) is 29.2 Å². The van der Waals surface area contributed by atoms with Crippen LogP contribution in [-0.2, 0) is 19.1 Å². The van der Waals surface area contributed by atoms with Gasteiger partial charge in [-0.05, 0) is 31.9 Å². The summed E-state index contributed by atoms with van der Waals surface area (Å²) in [6.45, 7) is 1.52. The van der Waals surface area contributed by atoms with Crippen molar-refractivity contribution >= 4 is 15.9 Å². The summed E-state index contributed by atoms with van der Waals surface area (Å²) in [6.07, 6.45) is 1.71. The fourth-order valence-corrected chi connectivity index (χ4v) is 2.31. The Bertz CT molecular complexity index is 512. The van der Waals surface area contributed by atoms with Gasteiger partial charge in [0.05, 0.1) is 4.90 Å². The van der Waals surface area contributed by atoms with Crippen molar-refractivity contribution in [2.45, 2.75) is 32.1 Å². The predicted octanol–water partition coefficient (Wildman–Crippen LogP) is 2.32. The van der Waals surface area contributed by atoms with Gasteiger partial charge in [0.15, 0.2) is 5.78 Å². The van der Waals surface area contributed by atoms with Crippen molar-refractivity contribution < 1.29 is 17.4 Å². The summed E-state index contributed by atoms with van der Waals surface area (Å²) in [5.41, 5.74) is 0.970. The van der Waals surface area contributed by atoms with Gasteiger partial charge in [0.1, 0.15) is 6.61 Å². The highest BCUT2D eigenvalue weighted by Crippen LogP contribution is 2.30. The van der Waals surface area contributed by atoms with E-state index < -0.39 is 10.1 Å². The summed E-state index contributed by atoms with van der Waals surface area (Å²) in [5.74, 6) is -0.107. The highest BCUT2D eigenvalue weighted by atomic mass is 32.2. The van der Waals surface area contributed by atoms with E-state index in [9.17, 15) is 13.2 Å². The summed E-state index contributed by atoms with van der Waals surface area (Å²) < 4.78 is 28.2. The normalized spacial score (nSPS) is 14.9. The van der Waals surface area contributed by atoms with Crippen molar-refractivity contribution in [3.05, 3.63) is 29.8 Å². The van der Waals surface area contributed by atoms with E-state index in [0.717, 1.165) is 18.4 Å². The number of rotatable bonds is 5. The van der Waals surface area contributed by atoms with Crippen molar-refractivity contribution in [1.82, 2.24) is 0 Å². The number of benzene rings is 1. The molecule has 2 rings (SSSR count). The van der Waals surface area contributed by atoms with Gasteiger partial charge in [-0.2, -0.15) is 8.42 Å². The number of Topliss-reactive ketones (excluding diaryl/α,β-unsaturated/α-hetero) is 1. The first-order valence-electron chi connectivity index (χ1n) is 5.48. The Hall–Kier alpha value is -1.20. The molecular weight excluding hydrogens is 252 g/mol. The van der Waals surface area contributed by atoms with Gasteiger partial charge in [-0.3, -0.25) is 8.98 Å². The lowest BCUT2D eigenvalue weighted by Crippen LogP contribution is -2.15. The minimum absolute atomic E-state index is 0. The summed E-state index contributed by atoms with van der Waals surface area (Å²) in [6, 6.07) is 6.34. The minimum atomic E-state index is -3.80. The molecule has 0 radical (unpaired) electrons. The minimum Gasteiger partial charge on any atom is -0.297 e. The first kappa shape index (κ1) is 14.9. The average Bonchev–Trinajstić information content (AvgIpc) is 3.10. The third-order valence-electron chi connectivity index (χ3n) is 2.70. The SMILES string of the molecule is C.Cc1ccc(S(=O)(=O)OCC(=O)C2CC2)cc1. The Morgan fingerprint density at radius 2 is 1.83 bits per heavy atom. The molecule has 0 saturated heterocycles. The Kier molecular flexibility index (Phi) is 4.65. The fraction of sp³-hybridized carbons (Fsp3) is 0.462. The Morgan fingerprint density at radius 3 is 2.33 bits per heavy atom. The number of hydrogen-bond donors (Lipinski definition) is 0. The molecule has 0 atom stereocenters. The average molecular weight is 270 g/mol. The zero-order valence-corrected chi connectivity index (χ0v) is 10.4. The standard InChI is InChI=1S/C12H14O4S.CH4/c1-9-2-6-11(7-3-9)17(14,15)16-8-12(13)10-4-5-10;/h2-3,6-7,10H,4-5,8H2,1H3;1H4.